The summed E-state index contributed by atoms with van der Waals surface area (Å²) >= 11 is 0. The molecule has 2 heterocycles. The maximum atomic E-state index is 5.80. The van der Waals surface area contributed by atoms with Gasteiger partial charge in [-0.25, -0.2) is 0 Å². The number of methoxy groups -OCH3 is 2. The number of ether oxygens (including phenoxy) is 4. The van der Waals surface area contributed by atoms with Gasteiger partial charge in [0, 0.05) is 46.4 Å². The molecule has 0 aromatic heterocycles. The lowest BCUT2D eigenvalue weighted by Crippen LogP contribution is -2.50. The Morgan fingerprint density at radius 1 is 0.875 bits per heavy atom. The standard InChI is InChI=1S/C18H34N2O4/c1-21-15-10-13(11-19-16-5-3-7-23-16)9-14(18(15)22-2)12-20-17-6-4-8-24-17/h13-20H,3-12H2,1-2H3. The minimum Gasteiger partial charge on any atom is -0.379 e. The Labute approximate surface area is 145 Å². The molecule has 0 aromatic carbocycles. The normalized spacial score (nSPS) is 40.2. The molecule has 1 aliphatic carbocycles. The predicted octanol–water partition coefficient (Wildman–Crippen LogP) is 1.49. The zero-order chi connectivity index (χ0) is 16.8. The van der Waals surface area contributed by atoms with Gasteiger partial charge in [0.25, 0.3) is 0 Å². The van der Waals surface area contributed by atoms with Crippen molar-refractivity contribution >= 4 is 0 Å². The first-order valence-electron chi connectivity index (χ1n) is 9.55. The van der Waals surface area contributed by atoms with E-state index < -0.39 is 0 Å². The van der Waals surface area contributed by atoms with Crippen LogP contribution in [0.5, 0.6) is 0 Å². The smallest absolute Gasteiger partial charge is 0.108 e. The Kier molecular flexibility index (Phi) is 7.31. The van der Waals surface area contributed by atoms with E-state index in [4.69, 9.17) is 18.9 Å². The van der Waals surface area contributed by atoms with Crippen LogP contribution in [0.25, 0.3) is 0 Å². The van der Waals surface area contributed by atoms with Gasteiger partial charge in [0.1, 0.15) is 12.5 Å². The minimum atomic E-state index is 0.155. The van der Waals surface area contributed by atoms with Gasteiger partial charge >= 0.3 is 0 Å². The van der Waals surface area contributed by atoms with Crippen molar-refractivity contribution in [3.8, 4) is 0 Å². The SMILES string of the molecule is COC1CC(CNC2CCCO2)CC(CNC2CCCO2)C1OC. The molecule has 24 heavy (non-hydrogen) atoms. The van der Waals surface area contributed by atoms with Crippen molar-refractivity contribution in [2.75, 3.05) is 40.5 Å². The molecule has 140 valence electrons. The Balaban J connectivity index is 1.51. The average Bonchev–Trinajstić information content (AvgIpc) is 3.30. The fraction of sp³-hybridized carbons (Fsp3) is 1.00. The summed E-state index contributed by atoms with van der Waals surface area (Å²) in [5, 5.41) is 7.16. The van der Waals surface area contributed by atoms with Crippen LogP contribution in [-0.4, -0.2) is 65.2 Å². The number of hydrogen-bond acceptors (Lipinski definition) is 6. The van der Waals surface area contributed by atoms with Crippen LogP contribution in [0.4, 0.5) is 0 Å². The van der Waals surface area contributed by atoms with Crippen molar-refractivity contribution in [1.29, 1.82) is 0 Å². The van der Waals surface area contributed by atoms with Gasteiger partial charge in [0.05, 0.1) is 12.2 Å². The summed E-state index contributed by atoms with van der Waals surface area (Å²) in [6.07, 6.45) is 7.55. The van der Waals surface area contributed by atoms with Gasteiger partial charge in [0.2, 0.25) is 0 Å². The largest absolute Gasteiger partial charge is 0.379 e. The van der Waals surface area contributed by atoms with Gasteiger partial charge in [-0.05, 0) is 44.4 Å². The first-order chi connectivity index (χ1) is 11.8. The van der Waals surface area contributed by atoms with E-state index in [-0.39, 0.29) is 24.7 Å². The Morgan fingerprint density at radius 3 is 2.08 bits per heavy atom. The minimum absolute atomic E-state index is 0.155. The van der Waals surface area contributed by atoms with E-state index in [0.29, 0.717) is 11.8 Å². The van der Waals surface area contributed by atoms with Crippen molar-refractivity contribution < 1.29 is 18.9 Å². The van der Waals surface area contributed by atoms with E-state index in [9.17, 15) is 0 Å². The van der Waals surface area contributed by atoms with E-state index in [2.05, 4.69) is 10.6 Å². The van der Waals surface area contributed by atoms with Gasteiger partial charge in [0.15, 0.2) is 0 Å². The van der Waals surface area contributed by atoms with Crippen LogP contribution in [0.1, 0.15) is 38.5 Å². The molecule has 3 rings (SSSR count). The van der Waals surface area contributed by atoms with Crippen LogP contribution in [0, 0.1) is 11.8 Å². The quantitative estimate of drug-likeness (QED) is 0.697. The highest BCUT2D eigenvalue weighted by Gasteiger charge is 2.38. The highest BCUT2D eigenvalue weighted by molar-refractivity contribution is 4.90. The molecule has 2 aliphatic heterocycles. The van der Waals surface area contributed by atoms with Gasteiger partial charge < -0.3 is 18.9 Å². The number of hydrogen-bond donors (Lipinski definition) is 2. The number of nitrogens with one attached hydrogen (secondary N) is 2. The molecule has 2 N–H and O–H groups in total. The summed E-state index contributed by atoms with van der Waals surface area (Å²) in [6, 6.07) is 0. The molecule has 6 unspecified atom stereocenters. The molecule has 2 saturated heterocycles. The van der Waals surface area contributed by atoms with E-state index in [1.807, 2.05) is 0 Å². The molecule has 3 fully saturated rings. The molecule has 0 bridgehead atoms. The maximum Gasteiger partial charge on any atom is 0.108 e. The first-order valence-corrected chi connectivity index (χ1v) is 9.55. The molecule has 0 radical (unpaired) electrons. The lowest BCUT2D eigenvalue weighted by Gasteiger charge is -2.41. The molecule has 6 nitrogen and oxygen atoms in total. The van der Waals surface area contributed by atoms with Crippen LogP contribution >= 0.6 is 0 Å². The lowest BCUT2D eigenvalue weighted by atomic mass is 9.77. The molecule has 0 spiro atoms. The van der Waals surface area contributed by atoms with Crippen LogP contribution < -0.4 is 10.6 Å². The fourth-order valence-corrected chi connectivity index (χ4v) is 4.42. The van der Waals surface area contributed by atoms with Crippen molar-refractivity contribution in [2.24, 2.45) is 11.8 Å². The maximum absolute atomic E-state index is 5.80. The zero-order valence-electron chi connectivity index (χ0n) is 15.2. The summed E-state index contributed by atoms with van der Waals surface area (Å²) in [5.41, 5.74) is 0. The average molecular weight is 342 g/mol. The van der Waals surface area contributed by atoms with Crippen molar-refractivity contribution in [3.05, 3.63) is 0 Å². The third-order valence-corrected chi connectivity index (χ3v) is 5.71. The summed E-state index contributed by atoms with van der Waals surface area (Å²) in [4.78, 5) is 0. The van der Waals surface area contributed by atoms with Crippen molar-refractivity contribution in [3.63, 3.8) is 0 Å². The Bertz CT molecular complexity index is 359. The second kappa shape index (κ2) is 9.46. The molecule has 3 aliphatic rings. The fourth-order valence-electron chi connectivity index (χ4n) is 4.42. The summed E-state index contributed by atoms with van der Waals surface area (Å²) in [5.74, 6) is 1.05. The predicted molar refractivity (Wildman–Crippen MR) is 91.8 cm³/mol. The summed E-state index contributed by atoms with van der Waals surface area (Å²) in [7, 11) is 3.61. The summed E-state index contributed by atoms with van der Waals surface area (Å²) in [6.45, 7) is 3.70. The van der Waals surface area contributed by atoms with Crippen molar-refractivity contribution in [1.82, 2.24) is 10.6 Å². The van der Waals surface area contributed by atoms with Crippen LogP contribution in [0.15, 0.2) is 0 Å². The van der Waals surface area contributed by atoms with Crippen LogP contribution in [0.3, 0.4) is 0 Å². The van der Waals surface area contributed by atoms with Crippen molar-refractivity contribution in [2.45, 2.75) is 63.2 Å². The van der Waals surface area contributed by atoms with Gasteiger partial charge in [-0.2, -0.15) is 0 Å². The monoisotopic (exact) mass is 342 g/mol. The third-order valence-electron chi connectivity index (χ3n) is 5.71. The van der Waals surface area contributed by atoms with Crippen LogP contribution in [0.2, 0.25) is 0 Å². The molecule has 0 amide bonds. The van der Waals surface area contributed by atoms with Crippen LogP contribution in [-0.2, 0) is 18.9 Å². The van der Waals surface area contributed by atoms with E-state index in [1.54, 1.807) is 14.2 Å². The molecular formula is C18H34N2O4. The Hall–Kier alpha value is -0.240. The van der Waals surface area contributed by atoms with E-state index in [0.717, 1.165) is 58.4 Å². The zero-order valence-corrected chi connectivity index (χ0v) is 15.2. The molecular weight excluding hydrogens is 308 g/mol. The van der Waals surface area contributed by atoms with Gasteiger partial charge in [-0.15, -0.1) is 0 Å². The second-order valence-electron chi connectivity index (χ2n) is 7.39. The number of rotatable bonds is 8. The summed E-state index contributed by atoms with van der Waals surface area (Å²) < 4.78 is 22.9. The van der Waals surface area contributed by atoms with Gasteiger partial charge in [-0.1, -0.05) is 0 Å². The van der Waals surface area contributed by atoms with Gasteiger partial charge in [-0.3, -0.25) is 10.6 Å². The second-order valence-corrected chi connectivity index (χ2v) is 7.39. The Morgan fingerprint density at radius 2 is 1.54 bits per heavy atom. The highest BCUT2D eigenvalue weighted by Crippen LogP contribution is 2.33. The van der Waals surface area contributed by atoms with E-state index in [1.165, 1.54) is 6.42 Å². The first kappa shape index (κ1) is 18.5. The topological polar surface area (TPSA) is 61.0 Å². The molecule has 1 saturated carbocycles. The lowest BCUT2D eigenvalue weighted by molar-refractivity contribution is -0.102. The van der Waals surface area contributed by atoms with E-state index >= 15 is 0 Å². The molecule has 6 atom stereocenters. The third kappa shape index (κ3) is 4.90. The highest BCUT2D eigenvalue weighted by atomic mass is 16.5. The molecule has 0 aromatic rings. The molecule has 6 heteroatoms.